The van der Waals surface area contributed by atoms with E-state index in [1.54, 1.807) is 10.6 Å². The average Bonchev–Trinajstić information content (AvgIpc) is 2.41. The number of hydrogen-bond donors (Lipinski definition) is 1. The van der Waals surface area contributed by atoms with Crippen LogP contribution in [0.4, 0.5) is 0 Å². The molecule has 2 N–H and O–H groups in total. The molecule has 2 rings (SSSR count). The zero-order valence-corrected chi connectivity index (χ0v) is 13.5. The second-order valence-corrected chi connectivity index (χ2v) is 5.71. The molecule has 0 bridgehead atoms. The van der Waals surface area contributed by atoms with Crippen molar-refractivity contribution in [2.45, 2.75) is 33.7 Å². The number of nitrogens with two attached hydrogens (primary N) is 1. The molecule has 110 valence electrons. The van der Waals surface area contributed by atoms with Crippen molar-refractivity contribution < 1.29 is 0 Å². The van der Waals surface area contributed by atoms with Gasteiger partial charge in [-0.1, -0.05) is 42.9 Å². The van der Waals surface area contributed by atoms with Crippen LogP contribution in [-0.4, -0.2) is 9.56 Å². The summed E-state index contributed by atoms with van der Waals surface area (Å²) in [4.78, 5) is 12.7. The van der Waals surface area contributed by atoms with Crippen LogP contribution in [0.15, 0.2) is 35.1 Å². The highest BCUT2D eigenvalue weighted by Crippen LogP contribution is 2.24. The lowest BCUT2D eigenvalue weighted by Crippen LogP contribution is -2.30. The summed E-state index contributed by atoms with van der Waals surface area (Å²) in [6, 6.07) is 9.91. The molecular weight excluding hydrogens is 280 g/mol. The van der Waals surface area contributed by atoms with Gasteiger partial charge in [0, 0.05) is 12.1 Å². The van der Waals surface area contributed by atoms with Crippen LogP contribution >= 0.6 is 12.2 Å². The number of aryl methyl sites for hydroxylation is 2. The molecule has 1 heterocycles. The maximum absolute atomic E-state index is 12.6. The fourth-order valence-corrected chi connectivity index (χ4v) is 2.70. The SMILES string of the molecule is CCCn1c(-c2ccc(C)cc2C)ccc(C(N)=S)c1=O. The van der Waals surface area contributed by atoms with Gasteiger partial charge in [-0.05, 0) is 38.0 Å². The molecule has 0 unspecified atom stereocenters. The second-order valence-electron chi connectivity index (χ2n) is 5.27. The summed E-state index contributed by atoms with van der Waals surface area (Å²) in [7, 11) is 0. The van der Waals surface area contributed by atoms with Crippen LogP contribution in [0, 0.1) is 13.8 Å². The fourth-order valence-electron chi connectivity index (χ4n) is 2.55. The van der Waals surface area contributed by atoms with Gasteiger partial charge >= 0.3 is 0 Å². The number of hydrogen-bond acceptors (Lipinski definition) is 2. The van der Waals surface area contributed by atoms with E-state index in [0.29, 0.717) is 12.1 Å². The first-order valence-corrected chi connectivity index (χ1v) is 7.47. The standard InChI is InChI=1S/C17H20N2OS/c1-4-9-19-15(8-7-14(16(18)21)17(19)20)13-6-5-11(2)10-12(13)3/h5-8,10H,4,9H2,1-3H3,(H2,18,21). The van der Waals surface area contributed by atoms with Crippen LogP contribution in [0.2, 0.25) is 0 Å². The molecule has 21 heavy (non-hydrogen) atoms. The van der Waals surface area contributed by atoms with Gasteiger partial charge in [-0.2, -0.15) is 0 Å². The Bertz CT molecular complexity index is 747. The number of thiocarbonyl (C=S) groups is 1. The number of rotatable bonds is 4. The van der Waals surface area contributed by atoms with Gasteiger partial charge in [-0.25, -0.2) is 0 Å². The van der Waals surface area contributed by atoms with Crippen LogP contribution < -0.4 is 11.3 Å². The van der Waals surface area contributed by atoms with Crippen LogP contribution in [0.25, 0.3) is 11.3 Å². The van der Waals surface area contributed by atoms with Crippen molar-refractivity contribution in [3.8, 4) is 11.3 Å². The minimum Gasteiger partial charge on any atom is -0.389 e. The molecule has 1 aromatic heterocycles. The third-order valence-electron chi connectivity index (χ3n) is 3.54. The Labute approximate surface area is 130 Å². The number of aromatic nitrogens is 1. The normalized spacial score (nSPS) is 10.6. The first-order valence-electron chi connectivity index (χ1n) is 7.07. The summed E-state index contributed by atoms with van der Waals surface area (Å²) in [6.07, 6.45) is 0.874. The highest BCUT2D eigenvalue weighted by Gasteiger charge is 2.13. The first kappa shape index (κ1) is 15.4. The monoisotopic (exact) mass is 300 g/mol. The van der Waals surface area contributed by atoms with E-state index in [0.717, 1.165) is 23.2 Å². The maximum Gasteiger partial charge on any atom is 0.261 e. The molecule has 0 spiro atoms. The Balaban J connectivity index is 2.71. The van der Waals surface area contributed by atoms with Crippen molar-refractivity contribution in [1.82, 2.24) is 4.57 Å². The third-order valence-corrected chi connectivity index (χ3v) is 3.76. The molecule has 0 fully saturated rings. The Morgan fingerprint density at radius 2 is 1.95 bits per heavy atom. The van der Waals surface area contributed by atoms with E-state index in [1.807, 2.05) is 13.0 Å². The van der Waals surface area contributed by atoms with Crippen LogP contribution in [0.1, 0.15) is 30.0 Å². The van der Waals surface area contributed by atoms with Crippen molar-refractivity contribution in [3.05, 3.63) is 57.4 Å². The van der Waals surface area contributed by atoms with Crippen LogP contribution in [0.5, 0.6) is 0 Å². The highest BCUT2D eigenvalue weighted by atomic mass is 32.1. The Hall–Kier alpha value is -1.94. The second kappa shape index (κ2) is 6.22. The van der Waals surface area contributed by atoms with Gasteiger partial charge < -0.3 is 10.3 Å². The maximum atomic E-state index is 12.6. The Morgan fingerprint density at radius 1 is 1.24 bits per heavy atom. The zero-order chi connectivity index (χ0) is 15.6. The first-order chi connectivity index (χ1) is 9.95. The summed E-state index contributed by atoms with van der Waals surface area (Å²) >= 11 is 4.96. The lowest BCUT2D eigenvalue weighted by Gasteiger charge is -2.16. The lowest BCUT2D eigenvalue weighted by atomic mass is 10.0. The molecular formula is C17H20N2OS. The largest absolute Gasteiger partial charge is 0.389 e. The summed E-state index contributed by atoms with van der Waals surface area (Å²) in [6.45, 7) is 6.82. The molecule has 0 aliphatic heterocycles. The van der Waals surface area contributed by atoms with Crippen molar-refractivity contribution in [1.29, 1.82) is 0 Å². The van der Waals surface area contributed by atoms with Gasteiger partial charge in [-0.3, -0.25) is 4.79 Å². The lowest BCUT2D eigenvalue weighted by molar-refractivity contribution is 0.660. The summed E-state index contributed by atoms with van der Waals surface area (Å²) in [5.41, 5.74) is 10.3. The Morgan fingerprint density at radius 3 is 2.52 bits per heavy atom. The van der Waals surface area contributed by atoms with Crippen LogP contribution in [-0.2, 0) is 6.54 Å². The number of benzene rings is 1. The van der Waals surface area contributed by atoms with Gasteiger partial charge in [-0.15, -0.1) is 0 Å². The highest BCUT2D eigenvalue weighted by molar-refractivity contribution is 7.80. The fraction of sp³-hybridized carbons (Fsp3) is 0.294. The van der Waals surface area contributed by atoms with Crippen molar-refractivity contribution in [3.63, 3.8) is 0 Å². The summed E-state index contributed by atoms with van der Waals surface area (Å²) in [5, 5.41) is 0. The minimum atomic E-state index is -0.109. The predicted molar refractivity (Wildman–Crippen MR) is 91.8 cm³/mol. The quantitative estimate of drug-likeness (QED) is 0.882. The van der Waals surface area contributed by atoms with E-state index in [4.69, 9.17) is 18.0 Å². The molecule has 0 aliphatic carbocycles. The molecule has 0 amide bonds. The molecule has 0 atom stereocenters. The molecule has 2 aromatic rings. The summed E-state index contributed by atoms with van der Waals surface area (Å²) < 4.78 is 1.77. The Kier molecular flexibility index (Phi) is 4.58. The molecule has 0 radical (unpaired) electrons. The number of pyridine rings is 1. The molecule has 0 saturated heterocycles. The van der Waals surface area contributed by atoms with Crippen molar-refractivity contribution >= 4 is 17.2 Å². The number of nitrogens with zero attached hydrogens (tertiary/aromatic N) is 1. The third kappa shape index (κ3) is 3.05. The molecule has 1 aromatic carbocycles. The van der Waals surface area contributed by atoms with Gasteiger partial charge in [0.05, 0.1) is 11.3 Å². The minimum absolute atomic E-state index is 0.109. The molecule has 0 saturated carbocycles. The van der Waals surface area contributed by atoms with Gasteiger partial charge in [0.15, 0.2) is 0 Å². The van der Waals surface area contributed by atoms with E-state index < -0.39 is 0 Å². The van der Waals surface area contributed by atoms with E-state index in [9.17, 15) is 4.79 Å². The molecule has 3 nitrogen and oxygen atoms in total. The van der Waals surface area contributed by atoms with E-state index >= 15 is 0 Å². The van der Waals surface area contributed by atoms with Gasteiger partial charge in [0.25, 0.3) is 5.56 Å². The average molecular weight is 300 g/mol. The van der Waals surface area contributed by atoms with Crippen molar-refractivity contribution in [2.24, 2.45) is 5.73 Å². The smallest absolute Gasteiger partial charge is 0.261 e. The zero-order valence-electron chi connectivity index (χ0n) is 12.6. The van der Waals surface area contributed by atoms with Crippen LogP contribution in [0.3, 0.4) is 0 Å². The van der Waals surface area contributed by atoms with Gasteiger partial charge in [0.2, 0.25) is 0 Å². The summed E-state index contributed by atoms with van der Waals surface area (Å²) in [5.74, 6) is 0. The van der Waals surface area contributed by atoms with E-state index in [-0.39, 0.29) is 10.5 Å². The van der Waals surface area contributed by atoms with E-state index in [1.165, 1.54) is 5.56 Å². The van der Waals surface area contributed by atoms with Gasteiger partial charge in [0.1, 0.15) is 4.99 Å². The van der Waals surface area contributed by atoms with Crippen molar-refractivity contribution in [2.75, 3.05) is 0 Å². The molecule has 0 aliphatic rings. The van der Waals surface area contributed by atoms with E-state index in [2.05, 4.69) is 32.0 Å². The topological polar surface area (TPSA) is 48.0 Å². The molecule has 4 heteroatoms. The predicted octanol–water partition coefficient (Wildman–Crippen LogP) is 3.18.